The van der Waals surface area contributed by atoms with E-state index >= 15 is 0 Å². The summed E-state index contributed by atoms with van der Waals surface area (Å²) in [7, 11) is 4.35. The summed E-state index contributed by atoms with van der Waals surface area (Å²) in [6.45, 7) is 2.32. The first-order chi connectivity index (χ1) is 13.6. The van der Waals surface area contributed by atoms with Gasteiger partial charge in [0.15, 0.2) is 0 Å². The number of hydrogen-bond acceptors (Lipinski definition) is 2. The van der Waals surface area contributed by atoms with Gasteiger partial charge in [-0.1, -0.05) is 60.3 Å². The molecule has 1 atom stereocenters. The maximum absolute atomic E-state index is 2.46. The number of benzene rings is 3. The summed E-state index contributed by atoms with van der Waals surface area (Å²) < 4.78 is 0. The zero-order valence-corrected chi connectivity index (χ0v) is 17.9. The summed E-state index contributed by atoms with van der Waals surface area (Å²) in [5, 5.41) is 0. The molecule has 0 aromatic heterocycles. The van der Waals surface area contributed by atoms with Gasteiger partial charge in [-0.3, -0.25) is 0 Å². The lowest BCUT2D eigenvalue weighted by molar-refractivity contribution is 0.319. The third-order valence-corrected chi connectivity index (χ3v) is 7.01. The molecule has 144 valence electrons. The van der Waals surface area contributed by atoms with Crippen molar-refractivity contribution in [2.24, 2.45) is 0 Å². The first-order valence-electron chi connectivity index (χ1n) is 10.2. The zero-order chi connectivity index (χ0) is 19.5. The lowest BCUT2D eigenvalue weighted by Gasteiger charge is -2.24. The normalized spacial score (nSPS) is 14.7. The van der Waals surface area contributed by atoms with Crippen molar-refractivity contribution in [1.82, 2.24) is 4.90 Å². The molecular formula is C26H29NS. The Balaban J connectivity index is 1.67. The van der Waals surface area contributed by atoms with Crippen LogP contribution in [0.4, 0.5) is 0 Å². The van der Waals surface area contributed by atoms with E-state index < -0.39 is 0 Å². The second-order valence-corrected chi connectivity index (χ2v) is 9.15. The Morgan fingerprint density at radius 3 is 2.11 bits per heavy atom. The number of rotatable bonds is 4. The summed E-state index contributed by atoms with van der Waals surface area (Å²) in [5.74, 6) is 0. The Hall–Kier alpha value is -2.03. The van der Waals surface area contributed by atoms with Gasteiger partial charge in [-0.15, -0.1) is 0 Å². The number of aryl methyl sites for hydroxylation is 4. The molecule has 0 aliphatic heterocycles. The predicted molar refractivity (Wildman–Crippen MR) is 120 cm³/mol. The van der Waals surface area contributed by atoms with Crippen LogP contribution in [0.1, 0.15) is 40.8 Å². The van der Waals surface area contributed by atoms with Gasteiger partial charge in [0.2, 0.25) is 0 Å². The average Bonchev–Trinajstić information content (AvgIpc) is 2.70. The molecule has 0 spiro atoms. The molecule has 0 radical (unpaired) electrons. The Kier molecular flexibility index (Phi) is 5.89. The van der Waals surface area contributed by atoms with Gasteiger partial charge in [0.25, 0.3) is 0 Å². The number of hydrogen-bond donors (Lipinski definition) is 0. The van der Waals surface area contributed by atoms with Crippen molar-refractivity contribution in [2.45, 2.75) is 48.4 Å². The molecule has 0 unspecified atom stereocenters. The fraction of sp³-hybridized carbons (Fsp3) is 0.308. The summed E-state index contributed by atoms with van der Waals surface area (Å²) in [5.41, 5.74) is 7.34. The summed E-state index contributed by atoms with van der Waals surface area (Å²) in [6, 6.07) is 25.5. The molecule has 0 amide bonds. The Morgan fingerprint density at radius 1 is 0.750 bits per heavy atom. The molecule has 0 N–H and O–H groups in total. The Labute approximate surface area is 173 Å². The monoisotopic (exact) mass is 387 g/mol. The average molecular weight is 388 g/mol. The van der Waals surface area contributed by atoms with Crippen LogP contribution < -0.4 is 0 Å². The minimum Gasteiger partial charge on any atom is -0.303 e. The fourth-order valence-corrected chi connectivity index (χ4v) is 4.98. The molecule has 0 saturated carbocycles. The topological polar surface area (TPSA) is 3.24 Å². The van der Waals surface area contributed by atoms with E-state index in [9.17, 15) is 0 Å². The molecule has 0 fully saturated rings. The highest BCUT2D eigenvalue weighted by molar-refractivity contribution is 7.99. The quantitative estimate of drug-likeness (QED) is 0.513. The van der Waals surface area contributed by atoms with Crippen LogP contribution in [-0.2, 0) is 25.7 Å². The van der Waals surface area contributed by atoms with E-state index in [0.717, 1.165) is 25.7 Å². The molecule has 4 aliphatic carbocycles. The van der Waals surface area contributed by atoms with Crippen LogP contribution in [0.25, 0.3) is 0 Å². The van der Waals surface area contributed by atoms with E-state index in [0.29, 0.717) is 6.04 Å². The number of nitrogens with zero attached hydrogens (tertiary/aromatic N) is 1. The lowest BCUT2D eigenvalue weighted by atomic mass is 9.90. The molecule has 7 rings (SSSR count). The third kappa shape index (κ3) is 4.34. The van der Waals surface area contributed by atoms with Gasteiger partial charge in [-0.05, 0) is 92.7 Å². The van der Waals surface area contributed by atoms with Crippen LogP contribution in [0, 0.1) is 0 Å². The summed E-state index contributed by atoms with van der Waals surface area (Å²) in [6.07, 6.45) is 4.37. The van der Waals surface area contributed by atoms with Gasteiger partial charge in [0, 0.05) is 15.8 Å². The van der Waals surface area contributed by atoms with Crippen LogP contribution in [0.2, 0.25) is 0 Å². The zero-order valence-electron chi connectivity index (χ0n) is 17.1. The van der Waals surface area contributed by atoms with Gasteiger partial charge in [-0.2, -0.15) is 0 Å². The second kappa shape index (κ2) is 8.55. The molecular weight excluding hydrogens is 358 g/mol. The largest absolute Gasteiger partial charge is 0.303 e. The van der Waals surface area contributed by atoms with E-state index in [1.165, 1.54) is 37.6 Å². The van der Waals surface area contributed by atoms with Crippen LogP contribution in [0.3, 0.4) is 0 Å². The predicted octanol–water partition coefficient (Wildman–Crippen LogP) is 6.34. The summed E-state index contributed by atoms with van der Waals surface area (Å²) >= 11 is 1.90. The molecule has 0 saturated heterocycles. The van der Waals surface area contributed by atoms with Crippen molar-refractivity contribution in [3.8, 4) is 0 Å². The molecule has 4 bridgehead atoms. The molecule has 4 aliphatic rings. The third-order valence-electron chi connectivity index (χ3n) is 5.90. The first-order valence-corrected chi connectivity index (χ1v) is 11.0. The molecule has 1 nitrogen and oxygen atoms in total. The van der Waals surface area contributed by atoms with Crippen molar-refractivity contribution in [3.63, 3.8) is 0 Å². The Morgan fingerprint density at radius 2 is 1.39 bits per heavy atom. The van der Waals surface area contributed by atoms with E-state index in [1.54, 1.807) is 0 Å². The second-order valence-electron chi connectivity index (χ2n) is 8.03. The van der Waals surface area contributed by atoms with Crippen molar-refractivity contribution < 1.29 is 0 Å². The highest BCUT2D eigenvalue weighted by Crippen LogP contribution is 2.33. The van der Waals surface area contributed by atoms with E-state index in [1.807, 2.05) is 11.8 Å². The smallest absolute Gasteiger partial charge is 0.0316 e. The van der Waals surface area contributed by atoms with Crippen LogP contribution in [0.15, 0.2) is 76.5 Å². The van der Waals surface area contributed by atoms with Crippen molar-refractivity contribution in [3.05, 3.63) is 94.5 Å². The first kappa shape index (κ1) is 19.3. The SMILES string of the molecule is C[C@@H](c1cc2ccc1CCc1ccc(c(Sc3ccccc3)c1)CC2)N(C)C. The van der Waals surface area contributed by atoms with Gasteiger partial charge in [-0.25, -0.2) is 0 Å². The van der Waals surface area contributed by atoms with Crippen LogP contribution >= 0.6 is 11.8 Å². The van der Waals surface area contributed by atoms with E-state index in [4.69, 9.17) is 0 Å². The highest BCUT2D eigenvalue weighted by Gasteiger charge is 2.16. The van der Waals surface area contributed by atoms with Gasteiger partial charge in [0.1, 0.15) is 0 Å². The van der Waals surface area contributed by atoms with Gasteiger partial charge >= 0.3 is 0 Å². The minimum atomic E-state index is 0.447. The standard InChI is InChI=1S/C26H29NS/c1-19(27(2)3)25-17-20-9-13-22(25)14-10-21-12-16-23(15-11-20)26(18-21)28-24-7-5-4-6-8-24/h4-9,12-13,16-19H,10-11,14-15H2,1-3H3/t19-/m0/s1. The minimum absolute atomic E-state index is 0.447. The molecule has 0 heterocycles. The van der Waals surface area contributed by atoms with Gasteiger partial charge < -0.3 is 4.90 Å². The van der Waals surface area contributed by atoms with E-state index in [-0.39, 0.29) is 0 Å². The molecule has 3 aromatic rings. The van der Waals surface area contributed by atoms with Crippen molar-refractivity contribution >= 4 is 11.8 Å². The van der Waals surface area contributed by atoms with Crippen LogP contribution in [0.5, 0.6) is 0 Å². The summed E-state index contributed by atoms with van der Waals surface area (Å²) in [4.78, 5) is 5.05. The molecule has 3 aromatic carbocycles. The van der Waals surface area contributed by atoms with Gasteiger partial charge in [0.05, 0.1) is 0 Å². The maximum Gasteiger partial charge on any atom is 0.0316 e. The molecule has 28 heavy (non-hydrogen) atoms. The molecule has 2 heteroatoms. The maximum atomic E-state index is 2.46. The van der Waals surface area contributed by atoms with E-state index in [2.05, 4.69) is 92.6 Å². The van der Waals surface area contributed by atoms with Crippen LogP contribution in [-0.4, -0.2) is 19.0 Å². The van der Waals surface area contributed by atoms with Crippen molar-refractivity contribution in [1.29, 1.82) is 0 Å². The Bertz CT molecular complexity index is 946. The highest BCUT2D eigenvalue weighted by atomic mass is 32.2. The van der Waals surface area contributed by atoms with Crippen molar-refractivity contribution in [2.75, 3.05) is 14.1 Å². The lowest BCUT2D eigenvalue weighted by Crippen LogP contribution is -2.19. The fourth-order valence-electron chi connectivity index (χ4n) is 3.92.